The van der Waals surface area contributed by atoms with E-state index >= 15 is 0 Å². The molecule has 0 amide bonds. The number of rotatable bonds is 3. The number of aliphatic hydroxyl groups excluding tert-OH is 3. The van der Waals surface area contributed by atoms with Crippen molar-refractivity contribution in [3.8, 4) is 0 Å². The van der Waals surface area contributed by atoms with Crippen molar-refractivity contribution in [2.45, 2.75) is 70.2 Å². The Hall–Kier alpha value is -1.85. The molecule has 3 saturated carbocycles. The Bertz CT molecular complexity index is 1050. The lowest BCUT2D eigenvalue weighted by atomic mass is 9.38. The predicted octanol–water partition coefficient (Wildman–Crippen LogP) is -0.540. The zero-order valence-electron chi connectivity index (χ0n) is 20.0. The molecule has 2 heterocycles. The van der Waals surface area contributed by atoms with Crippen LogP contribution < -0.4 is 0 Å². The molecular formula is C25H32O10. The molecule has 4 N–H and O–H groups in total. The van der Waals surface area contributed by atoms with E-state index in [1.54, 1.807) is 20.8 Å². The molecule has 6 aliphatic rings. The number of hydrogen-bond acceptors (Lipinski definition) is 10. The summed E-state index contributed by atoms with van der Waals surface area (Å²) in [7, 11) is 0. The maximum absolute atomic E-state index is 13.3. The summed E-state index contributed by atoms with van der Waals surface area (Å²) in [5, 5.41) is 44.1. The molecule has 2 saturated heterocycles. The van der Waals surface area contributed by atoms with Crippen LogP contribution in [0.5, 0.6) is 0 Å². The first kappa shape index (κ1) is 23.5. The van der Waals surface area contributed by atoms with E-state index in [-0.39, 0.29) is 6.61 Å². The van der Waals surface area contributed by atoms with E-state index in [0.717, 1.165) is 0 Å². The summed E-state index contributed by atoms with van der Waals surface area (Å²) in [5.41, 5.74) is -2.66. The Labute approximate surface area is 202 Å². The van der Waals surface area contributed by atoms with Gasteiger partial charge in [0.15, 0.2) is 11.6 Å². The van der Waals surface area contributed by atoms with E-state index in [9.17, 15) is 34.8 Å². The molecular weight excluding hydrogens is 460 g/mol. The van der Waals surface area contributed by atoms with E-state index in [2.05, 4.69) is 0 Å². The van der Waals surface area contributed by atoms with Gasteiger partial charge in [0.25, 0.3) is 0 Å². The van der Waals surface area contributed by atoms with Gasteiger partial charge >= 0.3 is 11.9 Å². The fourth-order valence-corrected chi connectivity index (χ4v) is 8.55. The smallest absolute Gasteiger partial charge is 0.348 e. The second-order valence-corrected chi connectivity index (χ2v) is 12.0. The normalized spacial score (nSPS) is 53.2. The molecule has 6 rings (SSSR count). The number of ketones is 1. The molecule has 192 valence electrons. The lowest BCUT2D eigenvalue weighted by molar-refractivity contribution is -0.340. The molecule has 0 aromatic heterocycles. The van der Waals surface area contributed by atoms with Crippen LogP contribution in [0.3, 0.4) is 0 Å². The van der Waals surface area contributed by atoms with Crippen LogP contribution in [-0.4, -0.2) is 81.6 Å². The van der Waals surface area contributed by atoms with Gasteiger partial charge in [0.1, 0.15) is 18.3 Å². The van der Waals surface area contributed by atoms with E-state index < -0.39 is 94.4 Å². The van der Waals surface area contributed by atoms with Crippen molar-refractivity contribution in [1.29, 1.82) is 0 Å². The number of aliphatic hydroxyl groups is 4. The minimum absolute atomic E-state index is 0.0939. The molecule has 0 unspecified atom stereocenters. The van der Waals surface area contributed by atoms with Crippen molar-refractivity contribution < 1.29 is 49.0 Å². The standard InChI is InChI=1S/C25H32O10/c1-10-6-13(27)18(29)22(3)12(10)7-14-24-9-33-25(32,20(22)24)17(28)11(2)15(24)16(19(30)34-14)35-21(31)23(8-26)4-5-23/h6,11-12,14-18,20,26,28-29,32H,4-5,7-9H2,1-3H3/t11-,12+,14-,15-,16-,17-,18-,20-,22-,24+,25-/m1/s1. The summed E-state index contributed by atoms with van der Waals surface area (Å²) in [5.74, 6) is -6.93. The number of allylic oxidation sites excluding steroid dienone is 1. The summed E-state index contributed by atoms with van der Waals surface area (Å²) in [6.45, 7) is 4.68. The van der Waals surface area contributed by atoms with Crippen LogP contribution >= 0.6 is 0 Å². The van der Waals surface area contributed by atoms with E-state index in [1.165, 1.54) is 6.08 Å². The molecule has 10 heteroatoms. The largest absolute Gasteiger partial charge is 0.459 e. The third-order valence-corrected chi connectivity index (χ3v) is 10.5. The van der Waals surface area contributed by atoms with Gasteiger partial charge in [-0.15, -0.1) is 0 Å². The molecule has 11 atom stereocenters. The van der Waals surface area contributed by atoms with Gasteiger partial charge in [0.05, 0.1) is 18.6 Å². The lowest BCUT2D eigenvalue weighted by Crippen LogP contribution is -2.78. The average Bonchev–Trinajstić information content (AvgIpc) is 3.56. The quantitative estimate of drug-likeness (QED) is 0.377. The Morgan fingerprint density at radius 2 is 1.94 bits per heavy atom. The third kappa shape index (κ3) is 2.55. The van der Waals surface area contributed by atoms with Crippen molar-refractivity contribution >= 4 is 17.7 Å². The van der Waals surface area contributed by atoms with Crippen LogP contribution in [0.15, 0.2) is 11.6 Å². The molecule has 35 heavy (non-hydrogen) atoms. The fourth-order valence-electron chi connectivity index (χ4n) is 8.55. The van der Waals surface area contributed by atoms with Crippen LogP contribution in [0.4, 0.5) is 0 Å². The lowest BCUT2D eigenvalue weighted by Gasteiger charge is -2.68. The Morgan fingerprint density at radius 3 is 2.57 bits per heavy atom. The maximum Gasteiger partial charge on any atom is 0.348 e. The van der Waals surface area contributed by atoms with Crippen molar-refractivity contribution in [3.05, 3.63) is 11.6 Å². The SMILES string of the molecule is CC1=CC(=O)[C@@H](O)[C@]2(C)[C@H]3[C@]4(O)OC[C@]35[C@H]([C@@H](C)[C@H]4O)[C@@H](OC(=O)C3(CO)CC3)C(=O)O[C@@H]5C[C@@H]12. The molecule has 4 aliphatic carbocycles. The number of esters is 2. The van der Waals surface area contributed by atoms with Crippen LogP contribution in [0.25, 0.3) is 0 Å². The van der Waals surface area contributed by atoms with Crippen LogP contribution in [0.2, 0.25) is 0 Å². The predicted molar refractivity (Wildman–Crippen MR) is 115 cm³/mol. The highest BCUT2D eigenvalue weighted by Crippen LogP contribution is 2.73. The Morgan fingerprint density at radius 1 is 1.26 bits per heavy atom. The Balaban J connectivity index is 1.51. The molecule has 2 bridgehead atoms. The second-order valence-electron chi connectivity index (χ2n) is 12.0. The Kier molecular flexibility index (Phi) is 4.65. The highest BCUT2D eigenvalue weighted by molar-refractivity contribution is 5.96. The van der Waals surface area contributed by atoms with Crippen LogP contribution in [0, 0.1) is 39.9 Å². The first-order valence-corrected chi connectivity index (χ1v) is 12.4. The van der Waals surface area contributed by atoms with Gasteiger partial charge in [-0.2, -0.15) is 0 Å². The van der Waals surface area contributed by atoms with E-state index in [0.29, 0.717) is 24.8 Å². The average molecular weight is 493 g/mol. The highest BCUT2D eigenvalue weighted by Gasteiger charge is 2.83. The van der Waals surface area contributed by atoms with Gasteiger partial charge in [-0.3, -0.25) is 9.59 Å². The van der Waals surface area contributed by atoms with E-state index in [4.69, 9.17) is 14.2 Å². The van der Waals surface area contributed by atoms with Gasteiger partial charge in [0.2, 0.25) is 6.10 Å². The summed E-state index contributed by atoms with van der Waals surface area (Å²) >= 11 is 0. The van der Waals surface area contributed by atoms with Gasteiger partial charge in [-0.1, -0.05) is 19.4 Å². The molecule has 0 aromatic carbocycles. The fraction of sp³-hybridized carbons (Fsp3) is 0.800. The monoisotopic (exact) mass is 492 g/mol. The maximum atomic E-state index is 13.3. The zero-order valence-corrected chi connectivity index (χ0v) is 20.0. The van der Waals surface area contributed by atoms with Crippen molar-refractivity contribution in [1.82, 2.24) is 0 Å². The number of hydrogen-bond donors (Lipinski definition) is 4. The summed E-state index contributed by atoms with van der Waals surface area (Å²) in [6.07, 6.45) is -2.47. The molecule has 5 fully saturated rings. The first-order valence-electron chi connectivity index (χ1n) is 12.4. The van der Waals surface area contributed by atoms with Gasteiger partial charge in [-0.05, 0) is 44.1 Å². The molecule has 10 nitrogen and oxygen atoms in total. The number of carbonyl (C=O) groups is 3. The van der Waals surface area contributed by atoms with Crippen LogP contribution in [0.1, 0.15) is 40.0 Å². The van der Waals surface area contributed by atoms with Crippen molar-refractivity contribution in [3.63, 3.8) is 0 Å². The number of ether oxygens (including phenoxy) is 3. The summed E-state index contributed by atoms with van der Waals surface area (Å²) in [6, 6.07) is 0. The van der Waals surface area contributed by atoms with Gasteiger partial charge in [0, 0.05) is 22.7 Å². The third-order valence-electron chi connectivity index (χ3n) is 10.5. The molecule has 1 spiro atoms. The molecule has 2 aliphatic heterocycles. The molecule has 0 radical (unpaired) electrons. The zero-order chi connectivity index (χ0) is 25.3. The summed E-state index contributed by atoms with van der Waals surface area (Å²) < 4.78 is 17.6. The second kappa shape index (κ2) is 6.92. The number of carbonyl (C=O) groups excluding carboxylic acids is 3. The van der Waals surface area contributed by atoms with Crippen LogP contribution in [-0.2, 0) is 28.6 Å². The van der Waals surface area contributed by atoms with Crippen molar-refractivity contribution in [2.24, 2.45) is 39.9 Å². The minimum Gasteiger partial charge on any atom is -0.459 e. The molecule has 0 aromatic rings. The highest BCUT2D eigenvalue weighted by atomic mass is 16.7. The van der Waals surface area contributed by atoms with Gasteiger partial charge in [-0.25, -0.2) is 4.79 Å². The van der Waals surface area contributed by atoms with E-state index in [1.807, 2.05) is 0 Å². The number of fused-ring (bicyclic) bond motifs is 1. The first-order chi connectivity index (χ1) is 16.4. The summed E-state index contributed by atoms with van der Waals surface area (Å²) in [4.78, 5) is 39.0. The topological polar surface area (TPSA) is 160 Å². The van der Waals surface area contributed by atoms with Crippen molar-refractivity contribution in [2.75, 3.05) is 13.2 Å². The van der Waals surface area contributed by atoms with Gasteiger partial charge < -0.3 is 34.6 Å². The minimum atomic E-state index is -2.10.